The quantitative estimate of drug-likeness (QED) is 0.451. The van der Waals surface area contributed by atoms with Gasteiger partial charge in [0.05, 0.1) is 0 Å². The molecule has 0 aliphatic heterocycles. The second-order valence-corrected chi connectivity index (χ2v) is 8.59. The molecule has 2 unspecified atom stereocenters. The number of benzene rings is 2. The number of hydrogen-bond donors (Lipinski definition) is 3. The van der Waals surface area contributed by atoms with Crippen LogP contribution in [0.1, 0.15) is 39.2 Å². The fourth-order valence-electron chi connectivity index (χ4n) is 3.22. The van der Waals surface area contributed by atoms with E-state index in [2.05, 4.69) is 10.6 Å². The van der Waals surface area contributed by atoms with Crippen LogP contribution in [0.2, 0.25) is 0 Å². The molecule has 2 aromatic rings. The van der Waals surface area contributed by atoms with E-state index in [0.717, 1.165) is 23.8 Å². The molecule has 0 aliphatic carbocycles. The van der Waals surface area contributed by atoms with Crippen molar-refractivity contribution in [2.75, 3.05) is 6.61 Å². The summed E-state index contributed by atoms with van der Waals surface area (Å²) < 4.78 is 31.8. The van der Waals surface area contributed by atoms with Crippen LogP contribution in [0.4, 0.5) is 8.78 Å². The molecular weight excluding hydrogens is 428 g/mol. The Balaban J connectivity index is 1.78. The first-order valence-corrected chi connectivity index (χ1v) is 11.1. The Bertz CT molecular complexity index is 889. The maximum atomic E-state index is 13.2. The highest BCUT2D eigenvalue weighted by Gasteiger charge is 2.26. The molecule has 0 aromatic heterocycles. The van der Waals surface area contributed by atoms with E-state index >= 15 is 0 Å². The lowest BCUT2D eigenvalue weighted by Crippen LogP contribution is -2.50. The van der Waals surface area contributed by atoms with Gasteiger partial charge in [0, 0.05) is 36.7 Å². The van der Waals surface area contributed by atoms with Gasteiger partial charge in [0.25, 0.3) is 0 Å². The predicted octanol–water partition coefficient (Wildman–Crippen LogP) is 3.54. The maximum absolute atomic E-state index is 13.2. The summed E-state index contributed by atoms with van der Waals surface area (Å²) in [7, 11) is 0. The van der Waals surface area contributed by atoms with Crippen molar-refractivity contribution in [1.82, 2.24) is 10.6 Å². The number of carbonyl (C=O) groups is 2. The number of rotatable bonds is 12. The normalized spacial score (nSPS) is 13.8. The Morgan fingerprint density at radius 1 is 0.970 bits per heavy atom. The van der Waals surface area contributed by atoms with Crippen LogP contribution >= 0.6 is 0 Å². The first-order chi connectivity index (χ1) is 15.7. The molecule has 0 saturated heterocycles. The van der Waals surface area contributed by atoms with Crippen LogP contribution in [0.3, 0.4) is 0 Å². The van der Waals surface area contributed by atoms with Crippen LogP contribution in [0.5, 0.6) is 5.75 Å². The van der Waals surface area contributed by atoms with Crippen molar-refractivity contribution in [1.29, 1.82) is 0 Å². The Morgan fingerprint density at radius 2 is 1.61 bits per heavy atom. The van der Waals surface area contributed by atoms with E-state index in [4.69, 9.17) is 10.5 Å². The van der Waals surface area contributed by atoms with E-state index in [0.29, 0.717) is 19.4 Å². The number of hydrogen-bond acceptors (Lipinski definition) is 4. The third-order valence-corrected chi connectivity index (χ3v) is 5.27. The van der Waals surface area contributed by atoms with Crippen molar-refractivity contribution in [3.8, 4) is 5.75 Å². The summed E-state index contributed by atoms with van der Waals surface area (Å²) in [5, 5.41) is 5.71. The zero-order valence-electron chi connectivity index (χ0n) is 19.3. The summed E-state index contributed by atoms with van der Waals surface area (Å²) in [6.07, 6.45) is 0.948. The van der Waals surface area contributed by atoms with Gasteiger partial charge >= 0.3 is 0 Å². The van der Waals surface area contributed by atoms with Crippen LogP contribution in [0.15, 0.2) is 48.5 Å². The fourth-order valence-corrected chi connectivity index (χ4v) is 3.22. The molecule has 2 amide bonds. The monoisotopic (exact) mass is 461 g/mol. The molecule has 0 saturated carbocycles. The Labute approximate surface area is 193 Å². The minimum absolute atomic E-state index is 0.0632. The average molecular weight is 462 g/mol. The number of amides is 2. The lowest BCUT2D eigenvalue weighted by molar-refractivity contribution is -0.132. The predicted molar refractivity (Wildman–Crippen MR) is 123 cm³/mol. The van der Waals surface area contributed by atoms with Gasteiger partial charge in [-0.05, 0) is 24.3 Å². The largest absolute Gasteiger partial charge is 0.492 e. The molecule has 6 nitrogen and oxygen atoms in total. The zero-order valence-corrected chi connectivity index (χ0v) is 19.3. The molecule has 33 heavy (non-hydrogen) atoms. The summed E-state index contributed by atoms with van der Waals surface area (Å²) in [6.45, 7) is 5.97. The van der Waals surface area contributed by atoms with Gasteiger partial charge in [-0.2, -0.15) is 0 Å². The molecule has 0 radical (unpaired) electrons. The zero-order chi connectivity index (χ0) is 24.4. The molecule has 3 atom stereocenters. The van der Waals surface area contributed by atoms with E-state index < -0.39 is 23.7 Å². The van der Waals surface area contributed by atoms with Crippen molar-refractivity contribution in [2.45, 2.75) is 52.2 Å². The van der Waals surface area contributed by atoms with Gasteiger partial charge in [0.1, 0.15) is 30.0 Å². The summed E-state index contributed by atoms with van der Waals surface area (Å²) >= 11 is 0. The molecule has 0 fully saturated rings. The SMILES string of the molecule is CC(C)C(NC(=O)[C@H](C)CCC(N)COc1cc(F)cc(F)c1)C(=O)NCc1ccccc1. The van der Waals surface area contributed by atoms with Gasteiger partial charge in [0.15, 0.2) is 0 Å². The van der Waals surface area contributed by atoms with Crippen LogP contribution in [0, 0.1) is 23.5 Å². The van der Waals surface area contributed by atoms with Crippen LogP contribution in [0.25, 0.3) is 0 Å². The molecule has 0 aliphatic rings. The highest BCUT2D eigenvalue weighted by molar-refractivity contribution is 5.88. The number of halogens is 2. The van der Waals surface area contributed by atoms with Gasteiger partial charge in [-0.15, -0.1) is 0 Å². The Morgan fingerprint density at radius 3 is 2.21 bits per heavy atom. The smallest absolute Gasteiger partial charge is 0.243 e. The van der Waals surface area contributed by atoms with E-state index in [9.17, 15) is 18.4 Å². The van der Waals surface area contributed by atoms with Gasteiger partial charge < -0.3 is 21.1 Å². The standard InChI is InChI=1S/C25H33F2N3O3/c1-16(2)23(25(32)29-14-18-7-5-4-6-8-18)30-24(31)17(3)9-10-21(28)15-33-22-12-19(26)11-20(27)13-22/h4-8,11-13,16-17,21,23H,9-10,14-15,28H2,1-3H3,(H,29,32)(H,30,31)/t17-,21?,23?/m1/s1. The summed E-state index contributed by atoms with van der Waals surface area (Å²) in [6, 6.07) is 11.4. The summed E-state index contributed by atoms with van der Waals surface area (Å²) in [5.41, 5.74) is 7.01. The fraction of sp³-hybridized carbons (Fsp3) is 0.440. The number of nitrogens with two attached hydrogens (primary N) is 1. The molecule has 180 valence electrons. The van der Waals surface area contributed by atoms with E-state index in [1.54, 1.807) is 6.92 Å². The molecule has 0 heterocycles. The number of carbonyl (C=O) groups excluding carboxylic acids is 2. The van der Waals surface area contributed by atoms with Crippen molar-refractivity contribution in [3.63, 3.8) is 0 Å². The minimum atomic E-state index is -0.726. The molecule has 0 spiro atoms. The van der Waals surface area contributed by atoms with Crippen LogP contribution < -0.4 is 21.1 Å². The first-order valence-electron chi connectivity index (χ1n) is 11.1. The third-order valence-electron chi connectivity index (χ3n) is 5.27. The number of ether oxygens (including phenoxy) is 1. The topological polar surface area (TPSA) is 93.5 Å². The highest BCUT2D eigenvalue weighted by Crippen LogP contribution is 2.16. The summed E-state index contributed by atoms with van der Waals surface area (Å²) in [4.78, 5) is 25.3. The van der Waals surface area contributed by atoms with E-state index in [1.165, 1.54) is 0 Å². The van der Waals surface area contributed by atoms with Crippen molar-refractivity contribution >= 4 is 11.8 Å². The van der Waals surface area contributed by atoms with Gasteiger partial charge in [0.2, 0.25) is 11.8 Å². The second-order valence-electron chi connectivity index (χ2n) is 8.59. The van der Waals surface area contributed by atoms with E-state index in [-0.39, 0.29) is 36.0 Å². The van der Waals surface area contributed by atoms with Crippen molar-refractivity contribution in [2.24, 2.45) is 17.6 Å². The Hall–Kier alpha value is -3.00. The molecule has 0 bridgehead atoms. The van der Waals surface area contributed by atoms with Gasteiger partial charge in [-0.25, -0.2) is 8.78 Å². The van der Waals surface area contributed by atoms with Crippen LogP contribution in [-0.4, -0.2) is 30.5 Å². The number of nitrogens with one attached hydrogen (secondary N) is 2. The van der Waals surface area contributed by atoms with Gasteiger partial charge in [-0.1, -0.05) is 51.1 Å². The van der Waals surface area contributed by atoms with Gasteiger partial charge in [-0.3, -0.25) is 9.59 Å². The third kappa shape index (κ3) is 9.18. The van der Waals surface area contributed by atoms with Crippen LogP contribution in [-0.2, 0) is 16.1 Å². The van der Waals surface area contributed by atoms with E-state index in [1.807, 2.05) is 44.2 Å². The maximum Gasteiger partial charge on any atom is 0.243 e. The average Bonchev–Trinajstić information content (AvgIpc) is 2.77. The lowest BCUT2D eigenvalue weighted by atomic mass is 9.98. The van der Waals surface area contributed by atoms with Crippen molar-refractivity contribution < 1.29 is 23.1 Å². The first kappa shape index (κ1) is 26.3. The molecule has 4 N–H and O–H groups in total. The second kappa shape index (κ2) is 12.9. The molecule has 2 aromatic carbocycles. The highest BCUT2D eigenvalue weighted by atomic mass is 19.1. The lowest BCUT2D eigenvalue weighted by Gasteiger charge is -2.24. The van der Waals surface area contributed by atoms with Crippen molar-refractivity contribution in [3.05, 3.63) is 65.7 Å². The summed E-state index contributed by atoms with van der Waals surface area (Å²) in [5.74, 6) is -2.31. The Kier molecular flexibility index (Phi) is 10.3. The molecule has 8 heteroatoms. The molecular formula is C25H33F2N3O3. The molecule has 2 rings (SSSR count). The minimum Gasteiger partial charge on any atom is -0.492 e.